The number of carbonyl (C=O) groups is 1. The van der Waals surface area contributed by atoms with E-state index in [9.17, 15) is 4.79 Å². The van der Waals surface area contributed by atoms with Crippen LogP contribution >= 0.6 is 0 Å². The van der Waals surface area contributed by atoms with Crippen molar-refractivity contribution >= 4 is 5.97 Å². The van der Waals surface area contributed by atoms with Gasteiger partial charge >= 0.3 is 5.97 Å². The van der Waals surface area contributed by atoms with Gasteiger partial charge in [0.2, 0.25) is 0 Å². The summed E-state index contributed by atoms with van der Waals surface area (Å²) in [4.78, 5) is 11.5. The van der Waals surface area contributed by atoms with Crippen LogP contribution in [0.2, 0.25) is 0 Å². The van der Waals surface area contributed by atoms with E-state index in [1.54, 1.807) is 0 Å². The van der Waals surface area contributed by atoms with Crippen LogP contribution < -0.4 is 5.32 Å². The third kappa shape index (κ3) is 2.69. The van der Waals surface area contributed by atoms with Crippen LogP contribution in [-0.4, -0.2) is 25.2 Å². The van der Waals surface area contributed by atoms with Crippen LogP contribution in [0.1, 0.15) is 27.2 Å². The summed E-state index contributed by atoms with van der Waals surface area (Å²) in [6.07, 6.45) is 0.903. The zero-order valence-electron chi connectivity index (χ0n) is 8.67. The van der Waals surface area contributed by atoms with Gasteiger partial charge in [0.1, 0.15) is 0 Å². The standard InChI is InChI=1S/C10H19NO2/c1-4-13-10(12)9-5-8(3)11-6-7(9)2/h7-9,11H,4-6H2,1-3H3. The molecule has 3 heteroatoms. The van der Waals surface area contributed by atoms with E-state index in [-0.39, 0.29) is 11.9 Å². The molecule has 1 aliphatic rings. The summed E-state index contributed by atoms with van der Waals surface area (Å²) in [5, 5.41) is 3.35. The third-order valence-electron chi connectivity index (χ3n) is 2.67. The zero-order valence-corrected chi connectivity index (χ0v) is 8.67. The van der Waals surface area contributed by atoms with E-state index in [2.05, 4.69) is 19.2 Å². The molecule has 76 valence electrons. The van der Waals surface area contributed by atoms with Crippen molar-refractivity contribution in [1.29, 1.82) is 0 Å². The van der Waals surface area contributed by atoms with E-state index in [1.807, 2.05) is 6.92 Å². The van der Waals surface area contributed by atoms with Gasteiger partial charge in [-0.25, -0.2) is 0 Å². The fourth-order valence-electron chi connectivity index (χ4n) is 1.80. The minimum absolute atomic E-state index is 0.0247. The summed E-state index contributed by atoms with van der Waals surface area (Å²) in [5.74, 6) is 0.467. The maximum Gasteiger partial charge on any atom is 0.309 e. The lowest BCUT2D eigenvalue weighted by Crippen LogP contribution is -2.44. The Bertz CT molecular complexity index is 182. The fraction of sp³-hybridized carbons (Fsp3) is 0.900. The first kappa shape index (κ1) is 10.5. The van der Waals surface area contributed by atoms with Crippen LogP contribution in [0, 0.1) is 11.8 Å². The lowest BCUT2D eigenvalue weighted by Gasteiger charge is -2.31. The van der Waals surface area contributed by atoms with Gasteiger partial charge < -0.3 is 10.1 Å². The van der Waals surface area contributed by atoms with Crippen LogP contribution in [0.15, 0.2) is 0 Å². The maximum absolute atomic E-state index is 11.5. The summed E-state index contributed by atoms with van der Waals surface area (Å²) < 4.78 is 5.03. The second kappa shape index (κ2) is 4.61. The fourth-order valence-corrected chi connectivity index (χ4v) is 1.80. The molecule has 0 saturated carbocycles. The Kier molecular flexibility index (Phi) is 3.72. The molecule has 1 fully saturated rings. The molecule has 0 aromatic heterocycles. The van der Waals surface area contributed by atoms with Gasteiger partial charge in [-0.3, -0.25) is 4.79 Å². The van der Waals surface area contributed by atoms with Crippen LogP contribution in [0.25, 0.3) is 0 Å². The quantitative estimate of drug-likeness (QED) is 0.657. The van der Waals surface area contributed by atoms with Gasteiger partial charge in [-0.15, -0.1) is 0 Å². The van der Waals surface area contributed by atoms with Crippen molar-refractivity contribution in [3.8, 4) is 0 Å². The maximum atomic E-state index is 11.5. The van der Waals surface area contributed by atoms with Crippen LogP contribution in [0.3, 0.4) is 0 Å². The highest BCUT2D eigenvalue weighted by Crippen LogP contribution is 2.23. The predicted octanol–water partition coefficient (Wildman–Crippen LogP) is 1.18. The summed E-state index contributed by atoms with van der Waals surface area (Å²) in [6, 6.07) is 0.436. The number of ether oxygens (including phenoxy) is 1. The molecule has 1 rings (SSSR count). The second-order valence-electron chi connectivity index (χ2n) is 3.88. The Morgan fingerprint density at radius 1 is 1.54 bits per heavy atom. The topological polar surface area (TPSA) is 38.3 Å². The van der Waals surface area contributed by atoms with Crippen molar-refractivity contribution in [2.45, 2.75) is 33.2 Å². The highest BCUT2D eigenvalue weighted by atomic mass is 16.5. The monoisotopic (exact) mass is 185 g/mol. The Labute approximate surface area is 79.8 Å². The normalized spacial score (nSPS) is 34.2. The van der Waals surface area contributed by atoms with E-state index < -0.39 is 0 Å². The molecular formula is C10H19NO2. The second-order valence-corrected chi connectivity index (χ2v) is 3.88. The minimum atomic E-state index is -0.0247. The summed E-state index contributed by atoms with van der Waals surface area (Å²) in [5.41, 5.74) is 0. The minimum Gasteiger partial charge on any atom is -0.466 e. The van der Waals surface area contributed by atoms with Gasteiger partial charge in [-0.05, 0) is 32.7 Å². The summed E-state index contributed by atoms with van der Waals surface area (Å²) >= 11 is 0. The molecule has 0 aromatic rings. The van der Waals surface area contributed by atoms with Gasteiger partial charge in [0, 0.05) is 6.04 Å². The molecule has 1 heterocycles. The average molecular weight is 185 g/mol. The molecule has 3 atom stereocenters. The van der Waals surface area contributed by atoms with Crippen molar-refractivity contribution in [3.05, 3.63) is 0 Å². The van der Waals surface area contributed by atoms with Gasteiger partial charge in [-0.2, -0.15) is 0 Å². The molecule has 1 N–H and O–H groups in total. The molecule has 13 heavy (non-hydrogen) atoms. The Morgan fingerprint density at radius 2 is 2.23 bits per heavy atom. The lowest BCUT2D eigenvalue weighted by molar-refractivity contribution is -0.151. The van der Waals surface area contributed by atoms with Gasteiger partial charge in [0.15, 0.2) is 0 Å². The molecular weight excluding hydrogens is 166 g/mol. The Hall–Kier alpha value is -0.570. The highest BCUT2D eigenvalue weighted by Gasteiger charge is 2.31. The summed E-state index contributed by atoms with van der Waals surface area (Å²) in [6.45, 7) is 7.47. The van der Waals surface area contributed by atoms with Crippen molar-refractivity contribution in [3.63, 3.8) is 0 Å². The Balaban J connectivity index is 2.50. The number of carbonyl (C=O) groups excluding carboxylic acids is 1. The van der Waals surface area contributed by atoms with Gasteiger partial charge in [0.05, 0.1) is 12.5 Å². The number of nitrogens with one attached hydrogen (secondary N) is 1. The molecule has 3 nitrogen and oxygen atoms in total. The number of rotatable bonds is 2. The number of hydrogen-bond donors (Lipinski definition) is 1. The van der Waals surface area contributed by atoms with E-state index in [4.69, 9.17) is 4.74 Å². The lowest BCUT2D eigenvalue weighted by atomic mass is 9.85. The smallest absolute Gasteiger partial charge is 0.309 e. The van der Waals surface area contributed by atoms with E-state index in [0.717, 1.165) is 13.0 Å². The molecule has 0 amide bonds. The average Bonchev–Trinajstić information content (AvgIpc) is 2.09. The van der Waals surface area contributed by atoms with E-state index in [0.29, 0.717) is 18.6 Å². The molecule has 0 radical (unpaired) electrons. The zero-order chi connectivity index (χ0) is 9.84. The van der Waals surface area contributed by atoms with Crippen molar-refractivity contribution in [2.75, 3.05) is 13.2 Å². The van der Waals surface area contributed by atoms with Gasteiger partial charge in [0.25, 0.3) is 0 Å². The third-order valence-corrected chi connectivity index (χ3v) is 2.67. The van der Waals surface area contributed by atoms with Crippen molar-refractivity contribution in [2.24, 2.45) is 11.8 Å². The molecule has 0 bridgehead atoms. The first-order chi connectivity index (χ1) is 6.15. The SMILES string of the molecule is CCOC(=O)C1CC(C)NCC1C. The number of piperidine rings is 1. The van der Waals surface area contributed by atoms with E-state index in [1.165, 1.54) is 0 Å². The number of esters is 1. The molecule has 1 saturated heterocycles. The molecule has 0 aliphatic carbocycles. The molecule has 0 spiro atoms. The molecule has 1 aliphatic heterocycles. The van der Waals surface area contributed by atoms with Crippen molar-refractivity contribution < 1.29 is 9.53 Å². The van der Waals surface area contributed by atoms with Crippen LogP contribution in [-0.2, 0) is 9.53 Å². The molecule has 3 unspecified atom stereocenters. The van der Waals surface area contributed by atoms with Gasteiger partial charge in [-0.1, -0.05) is 6.92 Å². The highest BCUT2D eigenvalue weighted by molar-refractivity contribution is 5.73. The van der Waals surface area contributed by atoms with Crippen LogP contribution in [0.4, 0.5) is 0 Å². The predicted molar refractivity (Wildman–Crippen MR) is 51.4 cm³/mol. The first-order valence-corrected chi connectivity index (χ1v) is 5.05. The van der Waals surface area contributed by atoms with Crippen LogP contribution in [0.5, 0.6) is 0 Å². The first-order valence-electron chi connectivity index (χ1n) is 5.05. The summed E-state index contributed by atoms with van der Waals surface area (Å²) in [7, 11) is 0. The Morgan fingerprint density at radius 3 is 2.85 bits per heavy atom. The van der Waals surface area contributed by atoms with E-state index >= 15 is 0 Å². The number of hydrogen-bond acceptors (Lipinski definition) is 3. The molecule has 0 aromatic carbocycles. The van der Waals surface area contributed by atoms with Crippen molar-refractivity contribution in [1.82, 2.24) is 5.32 Å². The largest absolute Gasteiger partial charge is 0.466 e.